The lowest BCUT2D eigenvalue weighted by molar-refractivity contribution is 0.0636. The number of carbonyl (C=O) groups is 1. The first-order valence-corrected chi connectivity index (χ1v) is 11.3. The minimum atomic E-state index is -0.592. The van der Waals surface area contributed by atoms with E-state index in [-0.39, 0.29) is 0 Å². The van der Waals surface area contributed by atoms with E-state index in [1.54, 1.807) is 58.3 Å². The molecule has 0 bridgehead atoms. The maximum Gasteiger partial charge on any atom is 0.412 e. The maximum absolute atomic E-state index is 12.0. The normalized spacial score (nSPS) is 11.0. The standard InChI is InChI=1S/C24H27BrN4O5/c1-24(2,3)34-23(30)28-17-6-5-7-19(14-17)33-21-20(25)15-26-22(29-21)27-16-8-10-18(11-9-16)32-13-12-31-4/h5-11,14-15H,12-13H2,1-4H3,(H,28,30)(H,26,27,29). The lowest BCUT2D eigenvalue weighted by Crippen LogP contribution is -2.27. The minimum Gasteiger partial charge on any atom is -0.491 e. The summed E-state index contributed by atoms with van der Waals surface area (Å²) in [7, 11) is 1.63. The third-order valence-corrected chi connectivity index (χ3v) is 4.62. The second-order valence-corrected chi connectivity index (χ2v) is 8.95. The fourth-order valence-electron chi connectivity index (χ4n) is 2.66. The van der Waals surface area contributed by atoms with Gasteiger partial charge in [-0.2, -0.15) is 4.98 Å². The molecule has 0 unspecified atom stereocenters. The van der Waals surface area contributed by atoms with Gasteiger partial charge < -0.3 is 24.3 Å². The summed E-state index contributed by atoms with van der Waals surface area (Å²) in [6.45, 7) is 6.41. The Kier molecular flexibility index (Phi) is 8.67. The van der Waals surface area contributed by atoms with Crippen LogP contribution in [0.25, 0.3) is 0 Å². The maximum atomic E-state index is 12.0. The van der Waals surface area contributed by atoms with Crippen molar-refractivity contribution in [2.45, 2.75) is 26.4 Å². The number of rotatable bonds is 9. The predicted octanol–water partition coefficient (Wildman–Crippen LogP) is 6.15. The fourth-order valence-corrected chi connectivity index (χ4v) is 2.93. The molecule has 0 aliphatic carbocycles. The van der Waals surface area contributed by atoms with Gasteiger partial charge in [-0.3, -0.25) is 5.32 Å². The van der Waals surface area contributed by atoms with E-state index in [1.807, 2.05) is 24.3 Å². The van der Waals surface area contributed by atoms with E-state index in [4.69, 9.17) is 18.9 Å². The Hall–Kier alpha value is -3.37. The molecule has 180 valence electrons. The molecule has 2 aromatic carbocycles. The van der Waals surface area contributed by atoms with Crippen molar-refractivity contribution >= 4 is 39.3 Å². The van der Waals surface area contributed by atoms with Crippen LogP contribution < -0.4 is 20.1 Å². The van der Waals surface area contributed by atoms with Gasteiger partial charge in [0.1, 0.15) is 23.7 Å². The van der Waals surface area contributed by atoms with E-state index in [2.05, 4.69) is 36.5 Å². The minimum absolute atomic E-state index is 0.312. The van der Waals surface area contributed by atoms with Gasteiger partial charge in [-0.25, -0.2) is 9.78 Å². The van der Waals surface area contributed by atoms with Gasteiger partial charge in [0, 0.05) is 24.6 Å². The molecule has 1 aromatic heterocycles. The van der Waals surface area contributed by atoms with Crippen molar-refractivity contribution in [3.8, 4) is 17.4 Å². The molecule has 34 heavy (non-hydrogen) atoms. The Morgan fingerprint density at radius 3 is 2.50 bits per heavy atom. The largest absolute Gasteiger partial charge is 0.491 e. The van der Waals surface area contributed by atoms with E-state index in [9.17, 15) is 4.79 Å². The van der Waals surface area contributed by atoms with Crippen LogP contribution in [-0.4, -0.2) is 42.0 Å². The number of halogens is 1. The molecule has 9 nitrogen and oxygen atoms in total. The number of hydrogen-bond donors (Lipinski definition) is 2. The second-order valence-electron chi connectivity index (χ2n) is 8.09. The zero-order valence-electron chi connectivity index (χ0n) is 19.4. The highest BCUT2D eigenvalue weighted by Gasteiger charge is 2.16. The van der Waals surface area contributed by atoms with E-state index < -0.39 is 11.7 Å². The van der Waals surface area contributed by atoms with Crippen LogP contribution in [-0.2, 0) is 9.47 Å². The smallest absolute Gasteiger partial charge is 0.412 e. The van der Waals surface area contributed by atoms with Crippen LogP contribution in [0.3, 0.4) is 0 Å². The molecular weight excluding hydrogens is 504 g/mol. The number of hydrogen-bond acceptors (Lipinski definition) is 8. The van der Waals surface area contributed by atoms with Crippen molar-refractivity contribution in [3.05, 3.63) is 59.2 Å². The number of carbonyl (C=O) groups excluding carboxylic acids is 1. The van der Waals surface area contributed by atoms with Gasteiger partial charge in [0.05, 0.1) is 17.3 Å². The third kappa shape index (κ3) is 8.20. The van der Waals surface area contributed by atoms with E-state index in [0.29, 0.717) is 41.0 Å². The van der Waals surface area contributed by atoms with Gasteiger partial charge in [-0.1, -0.05) is 6.07 Å². The molecule has 0 aliphatic heterocycles. The Bertz CT molecular complexity index is 1100. The molecule has 0 saturated carbocycles. The molecule has 10 heteroatoms. The number of methoxy groups -OCH3 is 1. The van der Waals surface area contributed by atoms with Crippen molar-refractivity contribution < 1.29 is 23.7 Å². The number of amides is 1. The van der Waals surface area contributed by atoms with Crippen molar-refractivity contribution in [1.29, 1.82) is 0 Å². The fraction of sp³-hybridized carbons (Fsp3) is 0.292. The quantitative estimate of drug-likeness (QED) is 0.317. The molecule has 0 aliphatic rings. The summed E-state index contributed by atoms with van der Waals surface area (Å²) in [5.74, 6) is 1.89. The number of aromatic nitrogens is 2. The summed E-state index contributed by atoms with van der Waals surface area (Å²) in [5, 5.41) is 5.82. The van der Waals surface area contributed by atoms with Crippen LogP contribution in [0.2, 0.25) is 0 Å². The first-order chi connectivity index (χ1) is 16.2. The zero-order valence-corrected chi connectivity index (χ0v) is 21.0. The highest BCUT2D eigenvalue weighted by atomic mass is 79.9. The average molecular weight is 531 g/mol. The van der Waals surface area contributed by atoms with Crippen LogP contribution in [0, 0.1) is 0 Å². The van der Waals surface area contributed by atoms with Gasteiger partial charge >= 0.3 is 6.09 Å². The summed E-state index contributed by atoms with van der Waals surface area (Å²) < 4.78 is 22.3. The third-order valence-electron chi connectivity index (χ3n) is 4.07. The molecule has 1 amide bonds. The topological polar surface area (TPSA) is 104 Å². The summed E-state index contributed by atoms with van der Waals surface area (Å²) in [6, 6.07) is 14.3. The number of nitrogens with zero attached hydrogens (tertiary/aromatic N) is 2. The lowest BCUT2D eigenvalue weighted by Gasteiger charge is -2.19. The molecule has 3 aromatic rings. The summed E-state index contributed by atoms with van der Waals surface area (Å²) in [5.41, 5.74) is 0.726. The molecule has 0 spiro atoms. The molecule has 0 saturated heterocycles. The molecule has 0 fully saturated rings. The number of ether oxygens (including phenoxy) is 4. The highest BCUT2D eigenvalue weighted by Crippen LogP contribution is 2.30. The highest BCUT2D eigenvalue weighted by molar-refractivity contribution is 9.10. The van der Waals surface area contributed by atoms with Gasteiger partial charge in [0.2, 0.25) is 11.8 Å². The summed E-state index contributed by atoms with van der Waals surface area (Å²) >= 11 is 3.41. The lowest BCUT2D eigenvalue weighted by atomic mass is 10.2. The van der Waals surface area contributed by atoms with Crippen LogP contribution in [0.15, 0.2) is 59.2 Å². The molecule has 2 N–H and O–H groups in total. The predicted molar refractivity (Wildman–Crippen MR) is 133 cm³/mol. The zero-order chi connectivity index (χ0) is 24.6. The Labute approximate surface area is 206 Å². The first-order valence-electron chi connectivity index (χ1n) is 10.5. The van der Waals surface area contributed by atoms with Crippen LogP contribution in [0.5, 0.6) is 17.4 Å². The molecule has 1 heterocycles. The van der Waals surface area contributed by atoms with Gasteiger partial charge in [0.25, 0.3) is 0 Å². The molecule has 0 atom stereocenters. The van der Waals surface area contributed by atoms with Gasteiger partial charge in [-0.15, -0.1) is 0 Å². The number of nitrogens with one attached hydrogen (secondary N) is 2. The van der Waals surface area contributed by atoms with E-state index >= 15 is 0 Å². The van der Waals surface area contributed by atoms with Crippen molar-refractivity contribution in [2.24, 2.45) is 0 Å². The molecule has 3 rings (SSSR count). The van der Waals surface area contributed by atoms with E-state index in [0.717, 1.165) is 11.4 Å². The van der Waals surface area contributed by atoms with Crippen molar-refractivity contribution in [2.75, 3.05) is 31.0 Å². The van der Waals surface area contributed by atoms with Gasteiger partial charge in [0.15, 0.2) is 0 Å². The summed E-state index contributed by atoms with van der Waals surface area (Å²) in [6.07, 6.45) is 1.05. The molecule has 0 radical (unpaired) electrons. The monoisotopic (exact) mass is 530 g/mol. The second kappa shape index (κ2) is 11.7. The number of anilines is 3. The Balaban J connectivity index is 1.66. The average Bonchev–Trinajstić information content (AvgIpc) is 2.76. The number of benzene rings is 2. The van der Waals surface area contributed by atoms with Crippen molar-refractivity contribution in [3.63, 3.8) is 0 Å². The Morgan fingerprint density at radius 2 is 1.79 bits per heavy atom. The van der Waals surface area contributed by atoms with E-state index in [1.165, 1.54) is 0 Å². The van der Waals surface area contributed by atoms with Crippen LogP contribution >= 0.6 is 15.9 Å². The molecular formula is C24H27BrN4O5. The first kappa shape index (κ1) is 25.3. The Morgan fingerprint density at radius 1 is 1.03 bits per heavy atom. The van der Waals surface area contributed by atoms with Crippen LogP contribution in [0.4, 0.5) is 22.1 Å². The summed E-state index contributed by atoms with van der Waals surface area (Å²) in [4.78, 5) is 20.7. The van der Waals surface area contributed by atoms with Crippen molar-refractivity contribution in [1.82, 2.24) is 9.97 Å². The SMILES string of the molecule is COCCOc1ccc(Nc2ncc(Br)c(Oc3cccc(NC(=O)OC(C)(C)C)c3)n2)cc1. The van der Waals surface area contributed by atoms with Gasteiger partial charge in [-0.05, 0) is 73.1 Å². The van der Waals surface area contributed by atoms with Crippen LogP contribution in [0.1, 0.15) is 20.8 Å².